The molecule has 1 heterocycles. The molecule has 0 radical (unpaired) electrons. The molecule has 0 spiro atoms. The van der Waals surface area contributed by atoms with Gasteiger partial charge in [0.25, 0.3) is 0 Å². The summed E-state index contributed by atoms with van der Waals surface area (Å²) in [6, 6.07) is 5.99. The van der Waals surface area contributed by atoms with Gasteiger partial charge in [-0.2, -0.15) is 0 Å². The number of imidazole rings is 1. The van der Waals surface area contributed by atoms with Crippen LogP contribution in [0.5, 0.6) is 0 Å². The van der Waals surface area contributed by atoms with Crippen LogP contribution in [0, 0.1) is 0 Å². The van der Waals surface area contributed by atoms with Crippen molar-refractivity contribution in [2.45, 2.75) is 32.9 Å². The molecule has 0 aliphatic heterocycles. The summed E-state index contributed by atoms with van der Waals surface area (Å²) < 4.78 is 2.90. The van der Waals surface area contributed by atoms with Crippen LogP contribution in [0.1, 0.15) is 19.7 Å². The highest BCUT2D eigenvalue weighted by Crippen LogP contribution is 2.21. The molecule has 20 heavy (non-hydrogen) atoms. The minimum atomic E-state index is -0.0157. The fourth-order valence-corrected chi connectivity index (χ4v) is 2.63. The van der Waals surface area contributed by atoms with Gasteiger partial charge < -0.3 is 9.88 Å². The molecule has 0 bridgehead atoms. The van der Waals surface area contributed by atoms with Crippen LogP contribution in [0.4, 0.5) is 0 Å². The van der Waals surface area contributed by atoms with Gasteiger partial charge in [-0.05, 0) is 32.0 Å². The average Bonchev–Trinajstić information content (AvgIpc) is 2.66. The summed E-state index contributed by atoms with van der Waals surface area (Å²) in [5.74, 6) is 1.31. The van der Waals surface area contributed by atoms with Crippen molar-refractivity contribution >= 4 is 44.5 Å². The Morgan fingerprint density at radius 3 is 2.90 bits per heavy atom. The van der Waals surface area contributed by atoms with Gasteiger partial charge in [-0.25, -0.2) is 4.98 Å². The van der Waals surface area contributed by atoms with Crippen molar-refractivity contribution in [3.63, 3.8) is 0 Å². The third-order valence-corrected chi connectivity index (χ3v) is 3.54. The van der Waals surface area contributed by atoms with Crippen LogP contribution in [-0.4, -0.2) is 27.4 Å². The minimum absolute atomic E-state index is 0.0157. The van der Waals surface area contributed by atoms with E-state index in [1.165, 1.54) is 0 Å². The van der Waals surface area contributed by atoms with E-state index in [0.717, 1.165) is 21.3 Å². The highest BCUT2D eigenvalue weighted by atomic mass is 79.9. The standard InChI is InChI=1S/C14H17BrClN3O/c1-9(2)17-14(20)8-19-12-4-3-10(15)7-11(12)18-13(19)5-6-16/h3-4,7,9H,5-6,8H2,1-2H3,(H,17,20). The van der Waals surface area contributed by atoms with Crippen LogP contribution in [0.25, 0.3) is 11.0 Å². The lowest BCUT2D eigenvalue weighted by atomic mass is 10.3. The van der Waals surface area contributed by atoms with Gasteiger partial charge in [0.2, 0.25) is 5.91 Å². The number of fused-ring (bicyclic) bond motifs is 1. The number of aryl methyl sites for hydroxylation is 1. The normalized spacial score (nSPS) is 11.2. The molecule has 6 heteroatoms. The fourth-order valence-electron chi connectivity index (χ4n) is 2.12. The minimum Gasteiger partial charge on any atom is -0.352 e. The topological polar surface area (TPSA) is 46.9 Å². The second-order valence-electron chi connectivity index (χ2n) is 4.91. The van der Waals surface area contributed by atoms with E-state index in [9.17, 15) is 4.79 Å². The van der Waals surface area contributed by atoms with Crippen LogP contribution < -0.4 is 5.32 Å². The Morgan fingerprint density at radius 1 is 1.50 bits per heavy atom. The molecule has 0 atom stereocenters. The van der Waals surface area contributed by atoms with Crippen LogP contribution in [-0.2, 0) is 17.8 Å². The first-order valence-electron chi connectivity index (χ1n) is 6.51. The van der Waals surface area contributed by atoms with E-state index in [0.29, 0.717) is 12.3 Å². The molecule has 1 aromatic heterocycles. The molecule has 1 aromatic carbocycles. The van der Waals surface area contributed by atoms with Crippen molar-refractivity contribution in [1.82, 2.24) is 14.9 Å². The number of rotatable bonds is 5. The number of hydrogen-bond donors (Lipinski definition) is 1. The second-order valence-corrected chi connectivity index (χ2v) is 6.20. The third-order valence-electron chi connectivity index (χ3n) is 2.86. The van der Waals surface area contributed by atoms with E-state index in [4.69, 9.17) is 11.6 Å². The highest BCUT2D eigenvalue weighted by Gasteiger charge is 2.14. The van der Waals surface area contributed by atoms with Crippen molar-refractivity contribution in [2.75, 3.05) is 5.88 Å². The number of aromatic nitrogens is 2. The molecule has 0 aliphatic carbocycles. The van der Waals surface area contributed by atoms with Crippen LogP contribution >= 0.6 is 27.5 Å². The van der Waals surface area contributed by atoms with Gasteiger partial charge >= 0.3 is 0 Å². The number of nitrogens with zero attached hydrogens (tertiary/aromatic N) is 2. The molecule has 2 rings (SSSR count). The molecular formula is C14H17BrClN3O. The number of nitrogens with one attached hydrogen (secondary N) is 1. The van der Waals surface area contributed by atoms with E-state index in [-0.39, 0.29) is 18.5 Å². The monoisotopic (exact) mass is 357 g/mol. The maximum atomic E-state index is 12.0. The number of alkyl halides is 1. The fraction of sp³-hybridized carbons (Fsp3) is 0.429. The van der Waals surface area contributed by atoms with E-state index in [1.54, 1.807) is 0 Å². The molecule has 2 aromatic rings. The SMILES string of the molecule is CC(C)NC(=O)Cn1c(CCCl)nc2cc(Br)ccc21. The summed E-state index contributed by atoms with van der Waals surface area (Å²) in [5, 5.41) is 2.90. The summed E-state index contributed by atoms with van der Waals surface area (Å²) in [6.45, 7) is 4.16. The molecule has 1 N–H and O–H groups in total. The van der Waals surface area contributed by atoms with Crippen LogP contribution in [0.15, 0.2) is 22.7 Å². The van der Waals surface area contributed by atoms with E-state index < -0.39 is 0 Å². The molecule has 4 nitrogen and oxygen atoms in total. The number of carbonyl (C=O) groups excluding carboxylic acids is 1. The number of benzene rings is 1. The first-order valence-corrected chi connectivity index (χ1v) is 7.84. The summed E-state index contributed by atoms with van der Waals surface area (Å²) in [5.41, 5.74) is 1.82. The lowest BCUT2D eigenvalue weighted by Crippen LogP contribution is -2.33. The first-order chi connectivity index (χ1) is 9.51. The maximum Gasteiger partial charge on any atom is 0.240 e. The summed E-state index contributed by atoms with van der Waals surface area (Å²) >= 11 is 9.26. The second kappa shape index (κ2) is 6.59. The molecule has 0 unspecified atom stereocenters. The molecule has 108 valence electrons. The Labute approximate surface area is 131 Å². The van der Waals surface area contributed by atoms with Gasteiger partial charge in [-0.1, -0.05) is 15.9 Å². The van der Waals surface area contributed by atoms with E-state index in [1.807, 2.05) is 36.6 Å². The molecular weight excluding hydrogens is 342 g/mol. The van der Waals surface area contributed by atoms with Gasteiger partial charge in [0.15, 0.2) is 0 Å². The van der Waals surface area contributed by atoms with Crippen molar-refractivity contribution < 1.29 is 4.79 Å². The Morgan fingerprint density at radius 2 is 2.25 bits per heavy atom. The third kappa shape index (κ3) is 3.52. The highest BCUT2D eigenvalue weighted by molar-refractivity contribution is 9.10. The Kier molecular flexibility index (Phi) is 5.05. The van der Waals surface area contributed by atoms with Crippen molar-refractivity contribution in [3.8, 4) is 0 Å². The predicted molar refractivity (Wildman–Crippen MR) is 85.1 cm³/mol. The summed E-state index contributed by atoms with van der Waals surface area (Å²) in [7, 11) is 0. The van der Waals surface area contributed by atoms with Crippen LogP contribution in [0.3, 0.4) is 0 Å². The number of hydrogen-bond acceptors (Lipinski definition) is 2. The molecule has 0 fully saturated rings. The lowest BCUT2D eigenvalue weighted by Gasteiger charge is -2.11. The quantitative estimate of drug-likeness (QED) is 0.835. The van der Waals surface area contributed by atoms with Gasteiger partial charge in [-0.3, -0.25) is 4.79 Å². The average molecular weight is 359 g/mol. The van der Waals surface area contributed by atoms with Crippen molar-refractivity contribution in [1.29, 1.82) is 0 Å². The van der Waals surface area contributed by atoms with E-state index in [2.05, 4.69) is 26.2 Å². The molecule has 1 amide bonds. The van der Waals surface area contributed by atoms with E-state index >= 15 is 0 Å². The number of carbonyl (C=O) groups is 1. The lowest BCUT2D eigenvalue weighted by molar-refractivity contribution is -0.122. The number of halogens is 2. The Bertz CT molecular complexity index is 624. The number of amides is 1. The maximum absolute atomic E-state index is 12.0. The molecule has 0 aliphatic rings. The smallest absolute Gasteiger partial charge is 0.240 e. The van der Waals surface area contributed by atoms with Gasteiger partial charge in [0.1, 0.15) is 12.4 Å². The predicted octanol–water partition coefficient (Wildman–Crippen LogP) is 3.10. The Balaban J connectivity index is 2.38. The van der Waals surface area contributed by atoms with Gasteiger partial charge in [0.05, 0.1) is 11.0 Å². The Hall–Kier alpha value is -1.07. The summed E-state index contributed by atoms with van der Waals surface area (Å²) in [6.07, 6.45) is 0.642. The van der Waals surface area contributed by atoms with Gasteiger partial charge in [-0.15, -0.1) is 11.6 Å². The van der Waals surface area contributed by atoms with Gasteiger partial charge in [0, 0.05) is 22.8 Å². The zero-order valence-electron chi connectivity index (χ0n) is 11.5. The summed E-state index contributed by atoms with van der Waals surface area (Å²) in [4.78, 5) is 16.5. The largest absolute Gasteiger partial charge is 0.352 e. The van der Waals surface area contributed by atoms with Crippen molar-refractivity contribution in [2.24, 2.45) is 0 Å². The van der Waals surface area contributed by atoms with Crippen LogP contribution in [0.2, 0.25) is 0 Å². The first kappa shape index (κ1) is 15.3. The zero-order valence-corrected chi connectivity index (χ0v) is 13.8. The molecule has 0 saturated carbocycles. The molecule has 0 saturated heterocycles. The zero-order chi connectivity index (χ0) is 14.7. The van der Waals surface area contributed by atoms with Crippen molar-refractivity contribution in [3.05, 3.63) is 28.5 Å².